The van der Waals surface area contributed by atoms with Gasteiger partial charge in [-0.1, -0.05) is 24.3 Å². The van der Waals surface area contributed by atoms with Gasteiger partial charge < -0.3 is 9.47 Å². The molecule has 0 N–H and O–H groups in total. The number of rotatable bonds is 1. The minimum Gasteiger partial charge on any atom is -0.344 e. The summed E-state index contributed by atoms with van der Waals surface area (Å²) in [5.41, 5.74) is 2.49. The fourth-order valence-electron chi connectivity index (χ4n) is 2.16. The summed E-state index contributed by atoms with van der Waals surface area (Å²) in [7, 11) is 0. The van der Waals surface area contributed by atoms with Crippen LogP contribution in [0.15, 0.2) is 24.3 Å². The molecule has 2 atom stereocenters. The molecule has 0 bridgehead atoms. The van der Waals surface area contributed by atoms with Gasteiger partial charge in [0.15, 0.2) is 5.79 Å². The quantitative estimate of drug-likeness (QED) is 0.702. The monoisotopic (exact) mass is 206 g/mol. The van der Waals surface area contributed by atoms with Crippen molar-refractivity contribution in [1.29, 1.82) is 0 Å². The third kappa shape index (κ3) is 2.06. The smallest absolute Gasteiger partial charge is 0.164 e. The Morgan fingerprint density at radius 3 is 2.33 bits per heavy atom. The van der Waals surface area contributed by atoms with E-state index in [4.69, 9.17) is 9.47 Å². The fourth-order valence-corrected chi connectivity index (χ4v) is 2.16. The normalized spacial score (nSPS) is 29.3. The molecule has 2 heteroatoms. The van der Waals surface area contributed by atoms with Crippen LogP contribution in [0.1, 0.15) is 38.0 Å². The van der Waals surface area contributed by atoms with Gasteiger partial charge in [-0.3, -0.25) is 0 Å². The van der Waals surface area contributed by atoms with Crippen LogP contribution >= 0.6 is 0 Å². The molecule has 15 heavy (non-hydrogen) atoms. The molecule has 2 nitrogen and oxygen atoms in total. The Labute approximate surface area is 91.2 Å². The Hall–Kier alpha value is -0.860. The standard InChI is InChI=1S/C13H18O2/c1-9-7-5-6-8-11(9)12-10(2)14-13(3,4)15-12/h5-8,10,12H,1-4H3/t10-,12-/m0/s1. The van der Waals surface area contributed by atoms with Gasteiger partial charge in [-0.15, -0.1) is 0 Å². The second kappa shape index (κ2) is 3.62. The van der Waals surface area contributed by atoms with Crippen LogP contribution in [0.2, 0.25) is 0 Å². The number of hydrogen-bond acceptors (Lipinski definition) is 2. The second-order valence-electron chi connectivity index (χ2n) is 4.62. The number of benzene rings is 1. The molecule has 0 saturated carbocycles. The average molecular weight is 206 g/mol. The van der Waals surface area contributed by atoms with E-state index in [0.29, 0.717) is 0 Å². The van der Waals surface area contributed by atoms with E-state index >= 15 is 0 Å². The predicted octanol–water partition coefficient (Wildman–Crippen LogP) is 3.21. The molecule has 0 amide bonds. The van der Waals surface area contributed by atoms with Crippen molar-refractivity contribution < 1.29 is 9.47 Å². The maximum Gasteiger partial charge on any atom is 0.164 e. The minimum atomic E-state index is -0.466. The van der Waals surface area contributed by atoms with E-state index in [-0.39, 0.29) is 12.2 Å². The summed E-state index contributed by atoms with van der Waals surface area (Å²) >= 11 is 0. The molecule has 1 aliphatic heterocycles. The van der Waals surface area contributed by atoms with E-state index in [9.17, 15) is 0 Å². The summed E-state index contributed by atoms with van der Waals surface area (Å²) in [6.45, 7) is 8.09. The van der Waals surface area contributed by atoms with Crippen molar-refractivity contribution in [2.75, 3.05) is 0 Å². The van der Waals surface area contributed by atoms with Gasteiger partial charge in [0.05, 0.1) is 6.10 Å². The first kappa shape index (κ1) is 10.7. The summed E-state index contributed by atoms with van der Waals surface area (Å²) in [6, 6.07) is 8.31. The van der Waals surface area contributed by atoms with Gasteiger partial charge in [-0.05, 0) is 38.8 Å². The van der Waals surface area contributed by atoms with Crippen molar-refractivity contribution in [3.8, 4) is 0 Å². The highest BCUT2D eigenvalue weighted by molar-refractivity contribution is 5.29. The van der Waals surface area contributed by atoms with Gasteiger partial charge in [-0.25, -0.2) is 0 Å². The molecule has 0 unspecified atom stereocenters. The van der Waals surface area contributed by atoms with Crippen LogP contribution in [-0.4, -0.2) is 11.9 Å². The van der Waals surface area contributed by atoms with E-state index in [2.05, 4.69) is 26.0 Å². The molecule has 1 aromatic rings. The van der Waals surface area contributed by atoms with Crippen molar-refractivity contribution in [3.63, 3.8) is 0 Å². The molecule has 0 radical (unpaired) electrons. The number of aryl methyl sites for hydroxylation is 1. The first-order valence-electron chi connectivity index (χ1n) is 5.41. The molecule has 82 valence electrons. The topological polar surface area (TPSA) is 18.5 Å². The molecule has 1 heterocycles. The zero-order valence-electron chi connectivity index (χ0n) is 9.78. The maximum absolute atomic E-state index is 5.91. The molecule has 1 fully saturated rings. The predicted molar refractivity (Wildman–Crippen MR) is 59.6 cm³/mol. The minimum absolute atomic E-state index is 0.0567. The van der Waals surface area contributed by atoms with Crippen LogP contribution in [0, 0.1) is 6.92 Å². The molecule has 1 aliphatic rings. The SMILES string of the molecule is Cc1ccccc1[C@H]1OC(C)(C)O[C@H]1C. The first-order chi connectivity index (χ1) is 6.99. The van der Waals surface area contributed by atoms with E-state index < -0.39 is 5.79 Å². The van der Waals surface area contributed by atoms with E-state index in [0.717, 1.165) is 0 Å². The van der Waals surface area contributed by atoms with Crippen LogP contribution in [0.3, 0.4) is 0 Å². The van der Waals surface area contributed by atoms with Crippen molar-refractivity contribution in [2.24, 2.45) is 0 Å². The molecular weight excluding hydrogens is 188 g/mol. The molecular formula is C13H18O2. The van der Waals surface area contributed by atoms with Crippen LogP contribution in [-0.2, 0) is 9.47 Å². The van der Waals surface area contributed by atoms with Gasteiger partial charge in [0.25, 0.3) is 0 Å². The van der Waals surface area contributed by atoms with Crippen molar-refractivity contribution in [2.45, 2.75) is 45.7 Å². The Kier molecular flexibility index (Phi) is 2.57. The average Bonchev–Trinajstić information content (AvgIpc) is 2.40. The summed E-state index contributed by atoms with van der Waals surface area (Å²) < 4.78 is 11.7. The molecule has 2 rings (SSSR count). The summed E-state index contributed by atoms with van der Waals surface area (Å²) in [4.78, 5) is 0. The van der Waals surface area contributed by atoms with Gasteiger partial charge in [0.2, 0.25) is 0 Å². The van der Waals surface area contributed by atoms with Crippen molar-refractivity contribution in [3.05, 3.63) is 35.4 Å². The molecule has 0 spiro atoms. The Morgan fingerprint density at radius 1 is 1.13 bits per heavy atom. The van der Waals surface area contributed by atoms with Crippen LogP contribution in [0.25, 0.3) is 0 Å². The van der Waals surface area contributed by atoms with E-state index in [1.165, 1.54) is 11.1 Å². The zero-order chi connectivity index (χ0) is 11.1. The Balaban J connectivity index is 2.29. The lowest BCUT2D eigenvalue weighted by molar-refractivity contribution is -0.145. The highest BCUT2D eigenvalue weighted by Crippen LogP contribution is 2.38. The molecule has 0 aromatic heterocycles. The van der Waals surface area contributed by atoms with E-state index in [1.54, 1.807) is 0 Å². The lowest BCUT2D eigenvalue weighted by atomic mass is 10.0. The highest BCUT2D eigenvalue weighted by atomic mass is 16.7. The molecule has 1 aromatic carbocycles. The Morgan fingerprint density at radius 2 is 1.80 bits per heavy atom. The van der Waals surface area contributed by atoms with Crippen molar-refractivity contribution >= 4 is 0 Å². The first-order valence-corrected chi connectivity index (χ1v) is 5.41. The largest absolute Gasteiger partial charge is 0.344 e. The van der Waals surface area contributed by atoms with Crippen LogP contribution < -0.4 is 0 Å². The van der Waals surface area contributed by atoms with Crippen molar-refractivity contribution in [1.82, 2.24) is 0 Å². The lowest BCUT2D eigenvalue weighted by Crippen LogP contribution is -2.20. The highest BCUT2D eigenvalue weighted by Gasteiger charge is 2.39. The molecule has 0 aliphatic carbocycles. The van der Waals surface area contributed by atoms with Gasteiger partial charge in [0.1, 0.15) is 6.10 Å². The third-order valence-electron chi connectivity index (χ3n) is 2.80. The number of ether oxygens (including phenoxy) is 2. The summed E-state index contributed by atoms with van der Waals surface area (Å²) in [5.74, 6) is -0.466. The number of hydrogen-bond donors (Lipinski definition) is 0. The molecule has 1 saturated heterocycles. The van der Waals surface area contributed by atoms with Crippen LogP contribution in [0.4, 0.5) is 0 Å². The third-order valence-corrected chi connectivity index (χ3v) is 2.80. The summed E-state index contributed by atoms with van der Waals surface area (Å²) in [5, 5.41) is 0. The zero-order valence-corrected chi connectivity index (χ0v) is 9.78. The summed E-state index contributed by atoms with van der Waals surface area (Å²) in [6.07, 6.45) is 0.169. The fraction of sp³-hybridized carbons (Fsp3) is 0.538. The maximum atomic E-state index is 5.91. The van der Waals surface area contributed by atoms with E-state index in [1.807, 2.05) is 26.0 Å². The van der Waals surface area contributed by atoms with Gasteiger partial charge >= 0.3 is 0 Å². The van der Waals surface area contributed by atoms with Gasteiger partial charge in [-0.2, -0.15) is 0 Å². The lowest BCUT2D eigenvalue weighted by Gasteiger charge is -2.18. The van der Waals surface area contributed by atoms with Gasteiger partial charge in [0, 0.05) is 0 Å². The Bertz CT molecular complexity index is 357. The van der Waals surface area contributed by atoms with Crippen LogP contribution in [0.5, 0.6) is 0 Å². The second-order valence-corrected chi connectivity index (χ2v) is 4.62.